The zero-order valence-corrected chi connectivity index (χ0v) is 15.9. The van der Waals surface area contributed by atoms with Gasteiger partial charge in [-0.05, 0) is 43.2 Å². The van der Waals surface area contributed by atoms with Gasteiger partial charge in [0.15, 0.2) is 0 Å². The number of para-hydroxylation sites is 1. The second kappa shape index (κ2) is 8.39. The maximum Gasteiger partial charge on any atom is 0.259 e. The number of hydrogen-bond donors (Lipinski definition) is 3. The lowest BCUT2D eigenvalue weighted by Gasteiger charge is -2.07. The van der Waals surface area contributed by atoms with Crippen LogP contribution in [0.25, 0.3) is 10.9 Å². The van der Waals surface area contributed by atoms with Gasteiger partial charge < -0.3 is 15.6 Å². The maximum absolute atomic E-state index is 12.0. The number of fused-ring (bicyclic) bond motifs is 1. The van der Waals surface area contributed by atoms with Gasteiger partial charge >= 0.3 is 0 Å². The lowest BCUT2D eigenvalue weighted by atomic mass is 10.1. The fourth-order valence-corrected chi connectivity index (χ4v) is 2.92. The lowest BCUT2D eigenvalue weighted by Crippen LogP contribution is -2.25. The van der Waals surface area contributed by atoms with E-state index < -0.39 is 5.91 Å². The van der Waals surface area contributed by atoms with Gasteiger partial charge in [-0.15, -0.1) is 0 Å². The van der Waals surface area contributed by atoms with Gasteiger partial charge in [0.1, 0.15) is 6.54 Å². The number of aromatic nitrogens is 1. The minimum absolute atomic E-state index is 0.0839. The Bertz CT molecular complexity index is 1050. The van der Waals surface area contributed by atoms with E-state index in [-0.39, 0.29) is 19.0 Å². The molecule has 3 aromatic rings. The van der Waals surface area contributed by atoms with E-state index in [0.29, 0.717) is 0 Å². The van der Waals surface area contributed by atoms with Crippen LogP contribution in [0.2, 0.25) is 0 Å². The molecule has 144 valence electrons. The largest absolute Gasteiger partial charge is 0.376 e. The van der Waals surface area contributed by atoms with Gasteiger partial charge in [0.25, 0.3) is 5.91 Å². The highest BCUT2D eigenvalue weighted by molar-refractivity contribution is 6.00. The molecule has 0 saturated carbocycles. The van der Waals surface area contributed by atoms with Crippen LogP contribution in [-0.2, 0) is 16.1 Å². The molecular formula is C21H23N5O2. The Balaban J connectivity index is 1.63. The van der Waals surface area contributed by atoms with Crippen molar-refractivity contribution < 1.29 is 9.59 Å². The van der Waals surface area contributed by atoms with Crippen molar-refractivity contribution in [3.05, 3.63) is 65.4 Å². The molecule has 0 saturated heterocycles. The van der Waals surface area contributed by atoms with Crippen molar-refractivity contribution in [1.82, 2.24) is 9.99 Å². The molecule has 0 aliphatic carbocycles. The molecule has 3 rings (SSSR count). The number of nitrogens with one attached hydrogen (secondary N) is 2. The maximum atomic E-state index is 12.0. The van der Waals surface area contributed by atoms with E-state index in [1.165, 1.54) is 5.56 Å². The third-order valence-corrected chi connectivity index (χ3v) is 4.50. The predicted octanol–water partition coefficient (Wildman–Crippen LogP) is 2.31. The zero-order chi connectivity index (χ0) is 20.1. The first-order chi connectivity index (χ1) is 13.4. The number of hydrazone groups is 1. The van der Waals surface area contributed by atoms with E-state index in [1.54, 1.807) is 17.0 Å². The first-order valence-corrected chi connectivity index (χ1v) is 8.93. The predicted molar refractivity (Wildman–Crippen MR) is 111 cm³/mol. The van der Waals surface area contributed by atoms with E-state index in [1.807, 2.05) is 56.3 Å². The number of rotatable bonds is 7. The third-order valence-electron chi connectivity index (χ3n) is 4.50. The molecule has 0 radical (unpaired) electrons. The summed E-state index contributed by atoms with van der Waals surface area (Å²) in [6.45, 7) is 4.27. The van der Waals surface area contributed by atoms with Crippen molar-refractivity contribution >= 4 is 34.6 Å². The van der Waals surface area contributed by atoms with Gasteiger partial charge in [0.2, 0.25) is 5.91 Å². The quantitative estimate of drug-likeness (QED) is 0.435. The number of primary amides is 1. The molecule has 2 aromatic carbocycles. The SMILES string of the molecule is Cc1ccc(NCC(=O)NN=Cc2cn(CC(N)=O)c3ccccc23)cc1C. The van der Waals surface area contributed by atoms with Crippen LogP contribution in [0.4, 0.5) is 5.69 Å². The Hall–Kier alpha value is -3.61. The summed E-state index contributed by atoms with van der Waals surface area (Å²) in [7, 11) is 0. The molecule has 0 aliphatic rings. The average molecular weight is 377 g/mol. The van der Waals surface area contributed by atoms with Crippen molar-refractivity contribution in [1.29, 1.82) is 0 Å². The number of nitrogens with zero attached hydrogens (tertiary/aromatic N) is 2. The molecule has 7 heteroatoms. The number of anilines is 1. The van der Waals surface area contributed by atoms with Gasteiger partial charge in [0, 0.05) is 28.4 Å². The molecule has 0 unspecified atom stereocenters. The molecule has 0 spiro atoms. The summed E-state index contributed by atoms with van der Waals surface area (Å²) in [6.07, 6.45) is 3.35. The highest BCUT2D eigenvalue weighted by Crippen LogP contribution is 2.19. The van der Waals surface area contributed by atoms with Crippen LogP contribution in [-0.4, -0.2) is 29.1 Å². The first-order valence-electron chi connectivity index (χ1n) is 8.93. The standard InChI is InChI=1S/C21H23N5O2/c1-14-7-8-17(9-15(14)2)23-11-21(28)25-24-10-16-12-26(13-20(22)27)19-6-4-3-5-18(16)19/h3-10,12,23H,11,13H2,1-2H3,(H2,22,27)(H,25,28). The number of carbonyl (C=O) groups is 2. The minimum Gasteiger partial charge on any atom is -0.376 e. The first kappa shape index (κ1) is 19.2. The van der Waals surface area contributed by atoms with Crippen LogP contribution in [0, 0.1) is 13.8 Å². The van der Waals surface area contributed by atoms with Gasteiger partial charge in [-0.2, -0.15) is 5.10 Å². The molecule has 0 fully saturated rings. The molecule has 2 amide bonds. The normalized spacial score (nSPS) is 11.1. The van der Waals surface area contributed by atoms with E-state index in [4.69, 9.17) is 5.73 Å². The minimum atomic E-state index is -0.421. The molecule has 28 heavy (non-hydrogen) atoms. The molecule has 0 aliphatic heterocycles. The molecule has 7 nitrogen and oxygen atoms in total. The summed E-state index contributed by atoms with van der Waals surface area (Å²) in [5, 5.41) is 8.04. The number of hydrogen-bond acceptors (Lipinski definition) is 4. The van der Waals surface area contributed by atoms with Gasteiger partial charge in [-0.25, -0.2) is 5.43 Å². The van der Waals surface area contributed by atoms with E-state index in [2.05, 4.69) is 15.8 Å². The summed E-state index contributed by atoms with van der Waals surface area (Å²) in [5.41, 5.74) is 12.7. The Morgan fingerprint density at radius 3 is 2.68 bits per heavy atom. The van der Waals surface area contributed by atoms with Crippen LogP contribution >= 0.6 is 0 Å². The highest BCUT2D eigenvalue weighted by atomic mass is 16.2. The van der Waals surface area contributed by atoms with Crippen LogP contribution in [0.1, 0.15) is 16.7 Å². The third kappa shape index (κ3) is 4.56. The monoisotopic (exact) mass is 377 g/mol. The summed E-state index contributed by atoms with van der Waals surface area (Å²) in [4.78, 5) is 23.3. The Morgan fingerprint density at radius 2 is 1.93 bits per heavy atom. The van der Waals surface area contributed by atoms with Crippen molar-refractivity contribution in [3.8, 4) is 0 Å². The second-order valence-electron chi connectivity index (χ2n) is 6.64. The molecule has 0 atom stereocenters. The number of amides is 2. The lowest BCUT2D eigenvalue weighted by molar-refractivity contribution is -0.119. The van der Waals surface area contributed by atoms with Crippen molar-refractivity contribution in [2.75, 3.05) is 11.9 Å². The fraction of sp³-hybridized carbons (Fsp3) is 0.190. The molecule has 0 bridgehead atoms. The molecule has 1 aromatic heterocycles. The van der Waals surface area contributed by atoms with Crippen LogP contribution in [0.3, 0.4) is 0 Å². The summed E-state index contributed by atoms with van der Waals surface area (Å²) in [6, 6.07) is 13.6. The van der Waals surface area contributed by atoms with Gasteiger partial charge in [0.05, 0.1) is 12.8 Å². The number of nitrogens with two attached hydrogens (primary N) is 1. The Morgan fingerprint density at radius 1 is 1.14 bits per heavy atom. The molecular weight excluding hydrogens is 354 g/mol. The van der Waals surface area contributed by atoms with Gasteiger partial charge in [-0.3, -0.25) is 9.59 Å². The van der Waals surface area contributed by atoms with Crippen LogP contribution in [0.5, 0.6) is 0 Å². The van der Waals surface area contributed by atoms with Crippen molar-refractivity contribution in [3.63, 3.8) is 0 Å². The van der Waals surface area contributed by atoms with Crippen LogP contribution in [0.15, 0.2) is 53.8 Å². The van der Waals surface area contributed by atoms with Crippen LogP contribution < -0.4 is 16.5 Å². The molecule has 4 N–H and O–H groups in total. The highest BCUT2D eigenvalue weighted by Gasteiger charge is 2.08. The zero-order valence-electron chi connectivity index (χ0n) is 15.9. The fourth-order valence-electron chi connectivity index (χ4n) is 2.92. The number of benzene rings is 2. The summed E-state index contributed by atoms with van der Waals surface area (Å²) < 4.78 is 1.77. The summed E-state index contributed by atoms with van der Waals surface area (Å²) >= 11 is 0. The van der Waals surface area contributed by atoms with Crippen molar-refractivity contribution in [2.24, 2.45) is 10.8 Å². The Kier molecular flexibility index (Phi) is 5.74. The Labute approximate surface area is 163 Å². The van der Waals surface area contributed by atoms with E-state index in [0.717, 1.165) is 27.7 Å². The van der Waals surface area contributed by atoms with Gasteiger partial charge in [-0.1, -0.05) is 24.3 Å². The molecule has 1 heterocycles. The average Bonchev–Trinajstić information content (AvgIpc) is 3.00. The van der Waals surface area contributed by atoms with E-state index in [9.17, 15) is 9.59 Å². The number of aryl methyl sites for hydroxylation is 2. The number of carbonyl (C=O) groups excluding carboxylic acids is 2. The van der Waals surface area contributed by atoms with E-state index >= 15 is 0 Å². The smallest absolute Gasteiger partial charge is 0.259 e. The summed E-state index contributed by atoms with van der Waals surface area (Å²) in [5.74, 6) is -0.676. The second-order valence-corrected chi connectivity index (χ2v) is 6.64. The topological polar surface area (TPSA) is 102 Å². The van der Waals surface area contributed by atoms with Crippen molar-refractivity contribution in [2.45, 2.75) is 20.4 Å².